The van der Waals surface area contributed by atoms with Crippen LogP contribution >= 0.6 is 11.3 Å². The molecule has 2 aliphatic carbocycles. The van der Waals surface area contributed by atoms with E-state index in [1.807, 2.05) is 54.6 Å². The number of nitrogens with zero attached hydrogens (tertiary/aromatic N) is 1. The van der Waals surface area contributed by atoms with Gasteiger partial charge in [0.05, 0.1) is 23.8 Å². The molecule has 1 N–H and O–H groups in total. The lowest BCUT2D eigenvalue weighted by Gasteiger charge is -2.30. The lowest BCUT2D eigenvalue weighted by atomic mass is 9.75. The van der Waals surface area contributed by atoms with Crippen LogP contribution in [0.3, 0.4) is 0 Å². The number of carbonyl (C=O) groups is 2. The van der Waals surface area contributed by atoms with Crippen LogP contribution < -0.4 is 5.32 Å². The van der Waals surface area contributed by atoms with Gasteiger partial charge in [0, 0.05) is 17.0 Å². The normalized spacial score (nSPS) is 17.3. The first-order valence-electron chi connectivity index (χ1n) is 12.3. The summed E-state index contributed by atoms with van der Waals surface area (Å²) in [6, 6.07) is 15.2. The van der Waals surface area contributed by atoms with E-state index in [0.29, 0.717) is 24.3 Å². The Kier molecular flexibility index (Phi) is 6.82. The number of amides is 1. The van der Waals surface area contributed by atoms with Crippen LogP contribution in [0.2, 0.25) is 0 Å². The van der Waals surface area contributed by atoms with E-state index >= 15 is 0 Å². The predicted molar refractivity (Wildman–Crippen MR) is 141 cm³/mol. The number of hydrogen-bond donors (Lipinski definition) is 1. The molecule has 0 saturated heterocycles. The van der Waals surface area contributed by atoms with Gasteiger partial charge in [-0.1, -0.05) is 55.7 Å². The van der Waals surface area contributed by atoms with Crippen molar-refractivity contribution in [3.05, 3.63) is 81.3 Å². The monoisotopic (exact) mass is 486 g/mol. The molecular weight excluding hydrogens is 456 g/mol. The van der Waals surface area contributed by atoms with Crippen LogP contribution in [0.4, 0.5) is 5.69 Å². The Bertz CT molecular complexity index is 1250. The van der Waals surface area contributed by atoms with E-state index < -0.39 is 11.4 Å². The zero-order valence-corrected chi connectivity index (χ0v) is 20.8. The molecule has 2 aliphatic rings. The van der Waals surface area contributed by atoms with Gasteiger partial charge in [0.25, 0.3) is 0 Å². The van der Waals surface area contributed by atoms with Crippen LogP contribution in [-0.4, -0.2) is 24.0 Å². The number of anilines is 1. The number of thiazole rings is 1. The number of methoxy groups -OCH3 is 1. The summed E-state index contributed by atoms with van der Waals surface area (Å²) in [5.41, 5.74) is 3.44. The van der Waals surface area contributed by atoms with E-state index in [1.165, 1.54) is 32.1 Å². The summed E-state index contributed by atoms with van der Waals surface area (Å²) in [6.07, 6.45) is 11.2. The van der Waals surface area contributed by atoms with Crippen molar-refractivity contribution in [2.75, 3.05) is 12.4 Å². The van der Waals surface area contributed by atoms with Crippen molar-refractivity contribution < 1.29 is 14.3 Å². The third-order valence-corrected chi connectivity index (χ3v) is 8.19. The topological polar surface area (TPSA) is 68.3 Å². The fourth-order valence-electron chi connectivity index (χ4n) is 5.19. The summed E-state index contributed by atoms with van der Waals surface area (Å²) in [5.74, 6) is 0.158. The van der Waals surface area contributed by atoms with Crippen LogP contribution in [0.5, 0.6) is 0 Å². The first-order chi connectivity index (χ1) is 17.1. The highest BCUT2D eigenvalue weighted by molar-refractivity contribution is 7.10. The first kappa shape index (κ1) is 23.5. The SMILES string of the molecule is COC(=O)c1ccccc1C1(C(=O)Nc2cccc(C=Cc3nc(C4CCC4)cs3)c2)CCCC1. The van der Waals surface area contributed by atoms with Crippen LogP contribution in [-0.2, 0) is 14.9 Å². The number of rotatable bonds is 7. The Morgan fingerprint density at radius 1 is 1.06 bits per heavy atom. The van der Waals surface area contributed by atoms with Crippen molar-refractivity contribution in [3.8, 4) is 0 Å². The molecule has 35 heavy (non-hydrogen) atoms. The average molecular weight is 487 g/mol. The Balaban J connectivity index is 1.35. The Hall–Kier alpha value is -3.25. The lowest BCUT2D eigenvalue weighted by molar-refractivity contribution is -0.121. The molecule has 6 heteroatoms. The van der Waals surface area contributed by atoms with Gasteiger partial charge in [-0.25, -0.2) is 9.78 Å². The quantitative estimate of drug-likeness (QED) is 0.372. The minimum atomic E-state index is -0.741. The smallest absolute Gasteiger partial charge is 0.338 e. The zero-order valence-electron chi connectivity index (χ0n) is 20.0. The number of nitrogens with one attached hydrogen (secondary N) is 1. The van der Waals surface area contributed by atoms with E-state index in [4.69, 9.17) is 9.72 Å². The molecular formula is C29H30N2O3S. The number of aromatic nitrogens is 1. The largest absolute Gasteiger partial charge is 0.465 e. The fourth-order valence-corrected chi connectivity index (χ4v) is 5.98. The van der Waals surface area contributed by atoms with Gasteiger partial charge in [-0.3, -0.25) is 4.79 Å². The third kappa shape index (κ3) is 4.80. The minimum Gasteiger partial charge on any atom is -0.465 e. The molecule has 5 nitrogen and oxygen atoms in total. The van der Waals surface area contributed by atoms with Crippen molar-refractivity contribution in [3.63, 3.8) is 0 Å². The van der Waals surface area contributed by atoms with Crippen molar-refractivity contribution in [2.24, 2.45) is 0 Å². The maximum Gasteiger partial charge on any atom is 0.338 e. The molecule has 0 aliphatic heterocycles. The molecule has 1 aromatic heterocycles. The molecule has 2 aromatic carbocycles. The van der Waals surface area contributed by atoms with Crippen LogP contribution in [0, 0.1) is 0 Å². The molecule has 3 aromatic rings. The van der Waals surface area contributed by atoms with Crippen molar-refractivity contribution >= 4 is 41.1 Å². The van der Waals surface area contributed by atoms with E-state index in [2.05, 4.69) is 10.7 Å². The summed E-state index contributed by atoms with van der Waals surface area (Å²) in [6.45, 7) is 0. The van der Waals surface area contributed by atoms with Gasteiger partial charge < -0.3 is 10.1 Å². The number of esters is 1. The molecule has 180 valence electrons. The van der Waals surface area contributed by atoms with E-state index in [1.54, 1.807) is 17.4 Å². The molecule has 0 atom stereocenters. The predicted octanol–water partition coefficient (Wildman–Crippen LogP) is 6.82. The van der Waals surface area contributed by atoms with Crippen LogP contribution in [0.15, 0.2) is 53.9 Å². The highest BCUT2D eigenvalue weighted by Gasteiger charge is 2.44. The second kappa shape index (κ2) is 10.2. The van der Waals surface area contributed by atoms with Crippen molar-refractivity contribution in [2.45, 2.75) is 56.3 Å². The zero-order chi connectivity index (χ0) is 24.3. The molecule has 1 heterocycles. The van der Waals surface area contributed by atoms with Gasteiger partial charge in [0.15, 0.2) is 0 Å². The molecule has 0 unspecified atom stereocenters. The molecule has 5 rings (SSSR count). The number of ether oxygens (including phenoxy) is 1. The van der Waals surface area contributed by atoms with Crippen LogP contribution in [0.25, 0.3) is 12.2 Å². The molecule has 1 amide bonds. The molecule has 2 saturated carbocycles. The number of hydrogen-bond acceptors (Lipinski definition) is 5. The van der Waals surface area contributed by atoms with E-state index in [-0.39, 0.29) is 5.91 Å². The van der Waals surface area contributed by atoms with Crippen LogP contribution in [0.1, 0.15) is 83.1 Å². The van der Waals surface area contributed by atoms with E-state index in [0.717, 1.165) is 34.7 Å². The van der Waals surface area contributed by atoms with Crippen molar-refractivity contribution in [1.29, 1.82) is 0 Å². The minimum absolute atomic E-state index is 0.0717. The van der Waals surface area contributed by atoms with Gasteiger partial charge in [0.2, 0.25) is 5.91 Å². The fraction of sp³-hybridized carbons (Fsp3) is 0.345. The Labute approximate surface area is 210 Å². The van der Waals surface area contributed by atoms with Gasteiger partial charge in [0.1, 0.15) is 5.01 Å². The maximum atomic E-state index is 13.7. The molecule has 0 spiro atoms. The van der Waals surface area contributed by atoms with E-state index in [9.17, 15) is 9.59 Å². The highest BCUT2D eigenvalue weighted by atomic mass is 32.1. The summed E-state index contributed by atoms with van der Waals surface area (Å²) < 4.78 is 5.00. The summed E-state index contributed by atoms with van der Waals surface area (Å²) in [5, 5.41) is 6.32. The van der Waals surface area contributed by atoms with Gasteiger partial charge in [-0.2, -0.15) is 0 Å². The lowest BCUT2D eigenvalue weighted by Crippen LogP contribution is -2.39. The summed E-state index contributed by atoms with van der Waals surface area (Å²) in [4.78, 5) is 30.9. The molecule has 2 fully saturated rings. The standard InChI is InChI=1S/C29H30N2O3S/c1-34-27(32)23-12-2-3-13-24(23)29(16-4-5-17-29)28(33)30-22-11-6-8-20(18-22)14-15-26-31-25(19-35-26)21-9-7-10-21/h2-3,6,8,11-15,18-19,21H,4-5,7,9-10,16-17H2,1H3,(H,30,33). The first-order valence-corrected chi connectivity index (χ1v) is 13.2. The molecule has 0 bridgehead atoms. The third-order valence-electron chi connectivity index (χ3n) is 7.37. The number of benzene rings is 2. The Morgan fingerprint density at radius 2 is 1.86 bits per heavy atom. The van der Waals surface area contributed by atoms with Gasteiger partial charge >= 0.3 is 5.97 Å². The second-order valence-electron chi connectivity index (χ2n) is 9.48. The number of carbonyl (C=O) groups excluding carboxylic acids is 2. The Morgan fingerprint density at radius 3 is 2.60 bits per heavy atom. The maximum absolute atomic E-state index is 13.7. The average Bonchev–Trinajstić information content (AvgIpc) is 3.52. The molecule has 0 radical (unpaired) electrons. The second-order valence-corrected chi connectivity index (χ2v) is 10.4. The summed E-state index contributed by atoms with van der Waals surface area (Å²) in [7, 11) is 1.37. The van der Waals surface area contributed by atoms with Gasteiger partial charge in [-0.15, -0.1) is 11.3 Å². The highest BCUT2D eigenvalue weighted by Crippen LogP contribution is 2.43. The van der Waals surface area contributed by atoms with Crippen molar-refractivity contribution in [1.82, 2.24) is 4.98 Å². The van der Waals surface area contributed by atoms with Gasteiger partial charge in [-0.05, 0) is 61.1 Å². The summed E-state index contributed by atoms with van der Waals surface area (Å²) >= 11 is 1.68.